The van der Waals surface area contributed by atoms with Crippen molar-refractivity contribution in [3.05, 3.63) is 35.9 Å². The number of hydrogen-bond donors (Lipinski definition) is 2. The van der Waals surface area contributed by atoms with Gasteiger partial charge in [-0.3, -0.25) is 9.78 Å². The molecule has 0 saturated heterocycles. The van der Waals surface area contributed by atoms with Crippen LogP contribution in [-0.4, -0.2) is 48.1 Å². The number of rotatable bonds is 6. The molecule has 0 aliphatic heterocycles. The Bertz CT molecular complexity index is 609. The van der Waals surface area contributed by atoms with Crippen LogP contribution in [-0.2, 0) is 0 Å². The standard InChI is InChI=1S/C14H19N5O2/c1-10-6-13(18-21-10)17-14(20)11-7-12(9-15-8-11)16-4-5-19(2)3/h6-9,16H,4-5H2,1-3H3,(H,17,18,20). The highest BCUT2D eigenvalue weighted by molar-refractivity contribution is 6.04. The SMILES string of the molecule is Cc1cc(NC(=O)c2cncc(NCCN(C)C)c2)no1. The van der Waals surface area contributed by atoms with Gasteiger partial charge in [-0.05, 0) is 27.1 Å². The van der Waals surface area contributed by atoms with Crippen LogP contribution in [0.1, 0.15) is 16.1 Å². The largest absolute Gasteiger partial charge is 0.382 e. The fourth-order valence-corrected chi connectivity index (χ4v) is 1.70. The summed E-state index contributed by atoms with van der Waals surface area (Å²) < 4.78 is 4.90. The summed E-state index contributed by atoms with van der Waals surface area (Å²) in [6, 6.07) is 3.41. The van der Waals surface area contributed by atoms with Crippen molar-refractivity contribution < 1.29 is 9.32 Å². The van der Waals surface area contributed by atoms with Crippen LogP contribution in [0.5, 0.6) is 0 Å². The van der Waals surface area contributed by atoms with Crippen molar-refractivity contribution >= 4 is 17.4 Å². The van der Waals surface area contributed by atoms with E-state index in [1.54, 1.807) is 25.3 Å². The molecule has 0 aliphatic carbocycles. The van der Waals surface area contributed by atoms with Crippen molar-refractivity contribution in [2.45, 2.75) is 6.92 Å². The van der Waals surface area contributed by atoms with Crippen molar-refractivity contribution in [2.75, 3.05) is 37.8 Å². The molecule has 21 heavy (non-hydrogen) atoms. The molecule has 2 aromatic heterocycles. The maximum Gasteiger partial charge on any atom is 0.258 e. The molecule has 0 atom stereocenters. The molecule has 112 valence electrons. The first-order chi connectivity index (χ1) is 10.0. The van der Waals surface area contributed by atoms with Gasteiger partial charge in [-0.15, -0.1) is 0 Å². The molecule has 2 aromatic rings. The van der Waals surface area contributed by atoms with Gasteiger partial charge in [0.15, 0.2) is 5.82 Å². The molecule has 2 heterocycles. The van der Waals surface area contributed by atoms with E-state index >= 15 is 0 Å². The molecule has 0 radical (unpaired) electrons. The lowest BCUT2D eigenvalue weighted by atomic mass is 10.2. The van der Waals surface area contributed by atoms with E-state index < -0.39 is 0 Å². The van der Waals surface area contributed by atoms with Crippen molar-refractivity contribution in [3.63, 3.8) is 0 Å². The zero-order valence-corrected chi connectivity index (χ0v) is 12.4. The summed E-state index contributed by atoms with van der Waals surface area (Å²) in [6.45, 7) is 3.44. The maximum absolute atomic E-state index is 12.1. The van der Waals surface area contributed by atoms with Crippen LogP contribution in [0.2, 0.25) is 0 Å². The Morgan fingerprint density at radius 3 is 2.81 bits per heavy atom. The summed E-state index contributed by atoms with van der Waals surface area (Å²) in [7, 11) is 4.01. The highest BCUT2D eigenvalue weighted by Crippen LogP contribution is 2.12. The number of aromatic nitrogens is 2. The van der Waals surface area contributed by atoms with Crippen molar-refractivity contribution in [1.82, 2.24) is 15.0 Å². The van der Waals surface area contributed by atoms with Crippen LogP contribution in [0, 0.1) is 6.92 Å². The molecular weight excluding hydrogens is 270 g/mol. The van der Waals surface area contributed by atoms with Gasteiger partial charge in [-0.1, -0.05) is 5.16 Å². The maximum atomic E-state index is 12.1. The zero-order chi connectivity index (χ0) is 15.2. The predicted molar refractivity (Wildman–Crippen MR) is 80.5 cm³/mol. The smallest absolute Gasteiger partial charge is 0.258 e. The van der Waals surface area contributed by atoms with E-state index in [-0.39, 0.29) is 5.91 Å². The summed E-state index contributed by atoms with van der Waals surface area (Å²) in [6.07, 6.45) is 3.20. The van der Waals surface area contributed by atoms with Crippen LogP contribution in [0.3, 0.4) is 0 Å². The number of pyridine rings is 1. The van der Waals surface area contributed by atoms with Crippen molar-refractivity contribution in [1.29, 1.82) is 0 Å². The summed E-state index contributed by atoms with van der Waals surface area (Å²) in [5, 5.41) is 9.61. The highest BCUT2D eigenvalue weighted by Gasteiger charge is 2.10. The number of hydrogen-bond acceptors (Lipinski definition) is 6. The van der Waals surface area contributed by atoms with E-state index in [1.807, 2.05) is 14.1 Å². The second-order valence-electron chi connectivity index (χ2n) is 4.97. The van der Waals surface area contributed by atoms with Crippen molar-refractivity contribution in [3.8, 4) is 0 Å². The molecule has 7 nitrogen and oxygen atoms in total. The highest BCUT2D eigenvalue weighted by atomic mass is 16.5. The van der Waals surface area contributed by atoms with Gasteiger partial charge in [0.2, 0.25) is 0 Å². The Hall–Kier alpha value is -2.41. The van der Waals surface area contributed by atoms with Gasteiger partial charge in [0.25, 0.3) is 5.91 Å². The normalized spacial score (nSPS) is 10.7. The van der Waals surface area contributed by atoms with Gasteiger partial charge in [-0.25, -0.2) is 0 Å². The molecule has 0 saturated carbocycles. The number of likely N-dealkylation sites (N-methyl/N-ethyl adjacent to an activating group) is 1. The van der Waals surface area contributed by atoms with E-state index in [4.69, 9.17) is 4.52 Å². The van der Waals surface area contributed by atoms with Crippen LogP contribution in [0.15, 0.2) is 29.0 Å². The first-order valence-electron chi connectivity index (χ1n) is 6.63. The average molecular weight is 289 g/mol. The second-order valence-corrected chi connectivity index (χ2v) is 4.97. The molecule has 0 spiro atoms. The number of carbonyl (C=O) groups excluding carboxylic acids is 1. The second kappa shape index (κ2) is 6.85. The first-order valence-corrected chi connectivity index (χ1v) is 6.63. The summed E-state index contributed by atoms with van der Waals surface area (Å²) >= 11 is 0. The zero-order valence-electron chi connectivity index (χ0n) is 12.4. The quantitative estimate of drug-likeness (QED) is 0.840. The third kappa shape index (κ3) is 4.57. The number of carbonyl (C=O) groups is 1. The minimum Gasteiger partial charge on any atom is -0.382 e. The van der Waals surface area contributed by atoms with Gasteiger partial charge in [-0.2, -0.15) is 0 Å². The number of anilines is 2. The molecule has 7 heteroatoms. The first kappa shape index (κ1) is 15.0. The Labute approximate surface area is 123 Å². The third-order valence-electron chi connectivity index (χ3n) is 2.76. The summed E-state index contributed by atoms with van der Waals surface area (Å²) in [5.74, 6) is 0.762. The molecule has 0 bridgehead atoms. The molecule has 0 aliphatic rings. The van der Waals surface area contributed by atoms with E-state index in [2.05, 4.69) is 25.7 Å². The van der Waals surface area contributed by atoms with Crippen LogP contribution < -0.4 is 10.6 Å². The minimum atomic E-state index is -0.271. The van der Waals surface area contributed by atoms with Gasteiger partial charge in [0, 0.05) is 31.5 Å². The Kier molecular flexibility index (Phi) is 4.89. The number of aryl methyl sites for hydroxylation is 1. The van der Waals surface area contributed by atoms with Crippen molar-refractivity contribution in [2.24, 2.45) is 0 Å². The fourth-order valence-electron chi connectivity index (χ4n) is 1.70. The van der Waals surface area contributed by atoms with Gasteiger partial charge < -0.3 is 20.1 Å². The fraction of sp³-hybridized carbons (Fsp3) is 0.357. The molecule has 0 aromatic carbocycles. The van der Waals surface area contributed by atoms with Gasteiger partial charge >= 0.3 is 0 Å². The summed E-state index contributed by atoms with van der Waals surface area (Å²) in [5.41, 5.74) is 1.27. The summed E-state index contributed by atoms with van der Waals surface area (Å²) in [4.78, 5) is 18.2. The molecule has 2 N–H and O–H groups in total. The van der Waals surface area contributed by atoms with E-state index in [9.17, 15) is 4.79 Å². The number of nitrogens with zero attached hydrogens (tertiary/aromatic N) is 3. The van der Waals surface area contributed by atoms with Crippen LogP contribution in [0.25, 0.3) is 0 Å². The Balaban J connectivity index is 1.97. The van der Waals surface area contributed by atoms with Gasteiger partial charge in [0.05, 0.1) is 11.3 Å². The van der Waals surface area contributed by atoms with E-state index in [0.29, 0.717) is 17.1 Å². The Morgan fingerprint density at radius 1 is 1.33 bits per heavy atom. The average Bonchev–Trinajstić information content (AvgIpc) is 2.84. The topological polar surface area (TPSA) is 83.3 Å². The third-order valence-corrected chi connectivity index (χ3v) is 2.76. The van der Waals surface area contributed by atoms with E-state index in [0.717, 1.165) is 18.8 Å². The van der Waals surface area contributed by atoms with Crippen LogP contribution in [0.4, 0.5) is 11.5 Å². The van der Waals surface area contributed by atoms with Gasteiger partial charge in [0.1, 0.15) is 5.76 Å². The lowest BCUT2D eigenvalue weighted by molar-refractivity contribution is 0.102. The predicted octanol–water partition coefficient (Wildman–Crippen LogP) is 1.60. The van der Waals surface area contributed by atoms with Crippen LogP contribution >= 0.6 is 0 Å². The minimum absolute atomic E-state index is 0.271. The molecule has 1 amide bonds. The number of nitrogens with one attached hydrogen (secondary N) is 2. The monoisotopic (exact) mass is 289 g/mol. The van der Waals surface area contributed by atoms with E-state index in [1.165, 1.54) is 6.20 Å². The Morgan fingerprint density at radius 2 is 2.14 bits per heavy atom. The number of amides is 1. The lowest BCUT2D eigenvalue weighted by Crippen LogP contribution is -2.21. The molecule has 0 unspecified atom stereocenters. The molecule has 0 fully saturated rings. The molecular formula is C14H19N5O2. The molecule has 2 rings (SSSR count). The lowest BCUT2D eigenvalue weighted by Gasteiger charge is -2.11.